The molecule has 1 atom stereocenters. The molecular weight excluding hydrogens is 270 g/mol. The Morgan fingerprint density at radius 1 is 1.50 bits per heavy atom. The Hall–Kier alpha value is -0.240. The lowest BCUT2D eigenvalue weighted by atomic mass is 10.0. The smallest absolute Gasteiger partial charge is 0.218 e. The SMILES string of the molecule is CC1CCCCN1CCCNS(=O)(=O)CC(N)=S. The van der Waals surface area contributed by atoms with Crippen LogP contribution < -0.4 is 10.5 Å². The largest absolute Gasteiger partial charge is 0.392 e. The van der Waals surface area contributed by atoms with Gasteiger partial charge < -0.3 is 10.6 Å². The molecule has 3 N–H and O–H groups in total. The summed E-state index contributed by atoms with van der Waals surface area (Å²) in [5, 5.41) is 0. The van der Waals surface area contributed by atoms with E-state index in [0.29, 0.717) is 12.6 Å². The Kier molecular flexibility index (Phi) is 6.48. The van der Waals surface area contributed by atoms with Crippen LogP contribution in [-0.4, -0.2) is 49.7 Å². The fourth-order valence-electron chi connectivity index (χ4n) is 2.24. The van der Waals surface area contributed by atoms with Crippen LogP contribution in [0.5, 0.6) is 0 Å². The summed E-state index contributed by atoms with van der Waals surface area (Å²) in [6, 6.07) is 0.618. The third-order valence-electron chi connectivity index (χ3n) is 3.22. The van der Waals surface area contributed by atoms with E-state index in [2.05, 4.69) is 28.8 Å². The molecule has 1 rings (SSSR count). The van der Waals surface area contributed by atoms with Crippen LogP contribution in [0, 0.1) is 0 Å². The van der Waals surface area contributed by atoms with Crippen LogP contribution in [0.2, 0.25) is 0 Å². The van der Waals surface area contributed by atoms with Gasteiger partial charge in [-0.1, -0.05) is 18.6 Å². The first-order valence-electron chi connectivity index (χ1n) is 6.40. The van der Waals surface area contributed by atoms with Crippen LogP contribution in [0.25, 0.3) is 0 Å². The van der Waals surface area contributed by atoms with Crippen molar-refractivity contribution in [3.8, 4) is 0 Å². The number of rotatable bonds is 7. The van der Waals surface area contributed by atoms with Crippen LogP contribution in [0.3, 0.4) is 0 Å². The zero-order valence-corrected chi connectivity index (χ0v) is 12.5. The average Bonchev–Trinajstić information content (AvgIpc) is 2.25. The fraction of sp³-hybridized carbons (Fsp3) is 0.909. The number of likely N-dealkylation sites (tertiary alicyclic amines) is 1. The summed E-state index contributed by atoms with van der Waals surface area (Å²) in [4.78, 5) is 2.43. The van der Waals surface area contributed by atoms with Gasteiger partial charge in [0.25, 0.3) is 0 Å². The van der Waals surface area contributed by atoms with E-state index in [1.807, 2.05) is 0 Å². The zero-order valence-electron chi connectivity index (χ0n) is 10.9. The maximum atomic E-state index is 11.5. The summed E-state index contributed by atoms with van der Waals surface area (Å²) in [7, 11) is -3.33. The summed E-state index contributed by atoms with van der Waals surface area (Å²) in [6.45, 7) is 4.75. The molecule has 0 saturated carbocycles. The number of nitrogens with zero attached hydrogens (tertiary/aromatic N) is 1. The topological polar surface area (TPSA) is 75.4 Å². The van der Waals surface area contributed by atoms with Gasteiger partial charge in [-0.15, -0.1) is 0 Å². The molecule has 0 aromatic heterocycles. The van der Waals surface area contributed by atoms with E-state index in [9.17, 15) is 8.42 Å². The molecule has 0 aromatic carbocycles. The Bertz CT molecular complexity index is 370. The van der Waals surface area contributed by atoms with Crippen LogP contribution >= 0.6 is 12.2 Å². The van der Waals surface area contributed by atoms with E-state index in [1.165, 1.54) is 19.3 Å². The van der Waals surface area contributed by atoms with Gasteiger partial charge in [-0.3, -0.25) is 0 Å². The van der Waals surface area contributed by atoms with E-state index in [1.54, 1.807) is 0 Å². The molecule has 1 aliphatic heterocycles. The quantitative estimate of drug-likeness (QED) is 0.527. The summed E-state index contributed by atoms with van der Waals surface area (Å²) in [6.07, 6.45) is 4.61. The highest BCUT2D eigenvalue weighted by Crippen LogP contribution is 2.15. The number of nitrogens with two attached hydrogens (primary N) is 1. The van der Waals surface area contributed by atoms with Crippen LogP contribution in [-0.2, 0) is 10.0 Å². The molecule has 106 valence electrons. The molecule has 1 aliphatic rings. The first-order valence-corrected chi connectivity index (χ1v) is 8.46. The van der Waals surface area contributed by atoms with Gasteiger partial charge in [-0.05, 0) is 39.3 Å². The van der Waals surface area contributed by atoms with Crippen LogP contribution in [0.4, 0.5) is 0 Å². The minimum atomic E-state index is -3.33. The second-order valence-electron chi connectivity index (χ2n) is 4.85. The molecule has 1 unspecified atom stereocenters. The number of thiocarbonyl (C=S) groups is 1. The summed E-state index contributed by atoms with van der Waals surface area (Å²) >= 11 is 4.59. The Balaban J connectivity index is 2.20. The molecule has 1 heterocycles. The molecule has 1 fully saturated rings. The molecular formula is C11H23N3O2S2. The molecule has 18 heavy (non-hydrogen) atoms. The van der Waals surface area contributed by atoms with E-state index in [4.69, 9.17) is 5.73 Å². The van der Waals surface area contributed by atoms with Crippen molar-refractivity contribution in [1.82, 2.24) is 9.62 Å². The number of nitrogens with one attached hydrogen (secondary N) is 1. The Labute approximate surface area is 115 Å². The standard InChI is InChI=1S/C11H23N3O2S2/c1-10-5-2-3-7-14(10)8-4-6-13-18(15,16)9-11(12)17/h10,13H,2-9H2,1H3,(H2,12,17). The fourth-order valence-corrected chi connectivity index (χ4v) is 3.64. The first kappa shape index (κ1) is 15.8. The lowest BCUT2D eigenvalue weighted by molar-refractivity contribution is 0.159. The van der Waals surface area contributed by atoms with Crippen LogP contribution in [0.1, 0.15) is 32.6 Å². The first-order chi connectivity index (χ1) is 8.41. The summed E-state index contributed by atoms with van der Waals surface area (Å²) in [5.41, 5.74) is 5.22. The number of sulfonamides is 1. The maximum absolute atomic E-state index is 11.5. The van der Waals surface area contributed by atoms with Gasteiger partial charge in [0.1, 0.15) is 5.75 Å². The van der Waals surface area contributed by atoms with Crippen molar-refractivity contribution < 1.29 is 8.42 Å². The lowest BCUT2D eigenvalue weighted by Gasteiger charge is -2.33. The number of hydrogen-bond acceptors (Lipinski definition) is 4. The van der Waals surface area contributed by atoms with Crippen molar-refractivity contribution in [2.24, 2.45) is 5.73 Å². The van der Waals surface area contributed by atoms with Gasteiger partial charge in [-0.25, -0.2) is 13.1 Å². The third-order valence-corrected chi connectivity index (χ3v) is 4.88. The number of piperidine rings is 1. The summed E-state index contributed by atoms with van der Waals surface area (Å²) < 4.78 is 25.5. The molecule has 0 aromatic rings. The third kappa shape index (κ3) is 6.08. The van der Waals surface area contributed by atoms with Gasteiger partial charge in [0.15, 0.2) is 0 Å². The van der Waals surface area contributed by atoms with Gasteiger partial charge in [0.05, 0.1) is 4.99 Å². The maximum Gasteiger partial charge on any atom is 0.218 e. The van der Waals surface area contributed by atoms with Crippen molar-refractivity contribution in [2.45, 2.75) is 38.6 Å². The molecule has 0 radical (unpaired) electrons. The van der Waals surface area contributed by atoms with Gasteiger partial charge in [0, 0.05) is 12.6 Å². The predicted molar refractivity (Wildman–Crippen MR) is 78.1 cm³/mol. The van der Waals surface area contributed by atoms with E-state index >= 15 is 0 Å². The highest BCUT2D eigenvalue weighted by Gasteiger charge is 2.17. The van der Waals surface area contributed by atoms with Gasteiger partial charge in [0.2, 0.25) is 10.0 Å². The Morgan fingerprint density at radius 3 is 2.83 bits per heavy atom. The Morgan fingerprint density at radius 2 is 2.22 bits per heavy atom. The van der Waals surface area contributed by atoms with Crippen molar-refractivity contribution in [3.63, 3.8) is 0 Å². The summed E-state index contributed by atoms with van der Waals surface area (Å²) in [5.74, 6) is -0.261. The zero-order chi connectivity index (χ0) is 13.6. The molecule has 0 spiro atoms. The molecule has 5 nitrogen and oxygen atoms in total. The van der Waals surface area contributed by atoms with Crippen molar-refractivity contribution in [3.05, 3.63) is 0 Å². The average molecular weight is 293 g/mol. The minimum Gasteiger partial charge on any atom is -0.392 e. The van der Waals surface area contributed by atoms with Gasteiger partial charge >= 0.3 is 0 Å². The molecule has 1 saturated heterocycles. The molecule has 0 amide bonds. The second-order valence-corrected chi connectivity index (χ2v) is 7.19. The highest BCUT2D eigenvalue weighted by atomic mass is 32.2. The minimum absolute atomic E-state index is 0.00662. The van der Waals surface area contributed by atoms with E-state index in [0.717, 1.165) is 19.5 Å². The normalized spacial score (nSPS) is 21.9. The van der Waals surface area contributed by atoms with Gasteiger partial charge in [-0.2, -0.15) is 0 Å². The van der Waals surface area contributed by atoms with E-state index < -0.39 is 10.0 Å². The molecule has 0 aliphatic carbocycles. The highest BCUT2D eigenvalue weighted by molar-refractivity contribution is 7.92. The van der Waals surface area contributed by atoms with Crippen molar-refractivity contribution >= 4 is 27.2 Å². The predicted octanol–water partition coefficient (Wildman–Crippen LogP) is 0.456. The van der Waals surface area contributed by atoms with Crippen molar-refractivity contribution in [1.29, 1.82) is 0 Å². The second kappa shape index (κ2) is 7.37. The lowest BCUT2D eigenvalue weighted by Crippen LogP contribution is -2.39. The van der Waals surface area contributed by atoms with Crippen LogP contribution in [0.15, 0.2) is 0 Å². The monoisotopic (exact) mass is 293 g/mol. The van der Waals surface area contributed by atoms with E-state index in [-0.39, 0.29) is 10.7 Å². The molecule has 0 bridgehead atoms. The van der Waals surface area contributed by atoms with Crippen molar-refractivity contribution in [2.75, 3.05) is 25.4 Å². The molecule has 7 heteroatoms. The number of hydrogen-bond donors (Lipinski definition) is 2.